The van der Waals surface area contributed by atoms with Gasteiger partial charge in [0.15, 0.2) is 6.20 Å². The van der Waals surface area contributed by atoms with Gasteiger partial charge in [0.1, 0.15) is 4.90 Å². The van der Waals surface area contributed by atoms with E-state index in [1.54, 1.807) is 0 Å². The first kappa shape index (κ1) is 13.8. The van der Waals surface area contributed by atoms with Gasteiger partial charge < -0.3 is 15.8 Å². The van der Waals surface area contributed by atoms with Gasteiger partial charge in [0.05, 0.1) is 0 Å². The van der Waals surface area contributed by atoms with Crippen LogP contribution in [0.3, 0.4) is 0 Å². The second-order valence-corrected chi connectivity index (χ2v) is 6.51. The van der Waals surface area contributed by atoms with E-state index in [1.807, 2.05) is 6.92 Å². The number of hydrogen-bond acceptors (Lipinski definition) is 6. The summed E-state index contributed by atoms with van der Waals surface area (Å²) in [5.74, 6) is -0.300. The number of aromatic nitrogens is 1. The lowest BCUT2D eigenvalue weighted by molar-refractivity contribution is -0.389. The van der Waals surface area contributed by atoms with E-state index in [0.717, 1.165) is 12.3 Å². The highest BCUT2D eigenvalue weighted by Gasteiger charge is 2.36. The lowest BCUT2D eigenvalue weighted by atomic mass is 10.1. The fraction of sp³-hybridized carbons (Fsp3) is 0.500. The van der Waals surface area contributed by atoms with Gasteiger partial charge in [-0.2, -0.15) is 4.31 Å². The zero-order valence-corrected chi connectivity index (χ0v) is 11.1. The number of pyridine rings is 1. The fourth-order valence-electron chi connectivity index (χ4n) is 1.92. The highest BCUT2D eigenvalue weighted by molar-refractivity contribution is 7.89. The molecule has 1 aromatic rings. The van der Waals surface area contributed by atoms with Crippen molar-refractivity contribution in [3.8, 4) is 0 Å². The third-order valence-electron chi connectivity index (χ3n) is 3.18. The molecule has 9 heteroatoms. The van der Waals surface area contributed by atoms with Crippen LogP contribution in [0.5, 0.6) is 0 Å². The molecule has 0 aliphatic carbocycles. The second-order valence-electron chi connectivity index (χ2n) is 4.57. The normalized spacial score (nSPS) is 24.5. The first-order chi connectivity index (χ1) is 8.82. The third kappa shape index (κ3) is 2.57. The lowest BCUT2D eigenvalue weighted by Gasteiger charge is -2.14. The number of sulfonamides is 1. The van der Waals surface area contributed by atoms with Gasteiger partial charge in [-0.1, -0.05) is 6.92 Å². The maximum atomic E-state index is 12.3. The Morgan fingerprint density at radius 2 is 2.16 bits per heavy atom. The smallest absolute Gasteiger partial charge is 0.358 e. The molecule has 2 rings (SSSR count). The van der Waals surface area contributed by atoms with Crippen LogP contribution in [0.2, 0.25) is 0 Å². The van der Waals surface area contributed by atoms with Crippen LogP contribution in [-0.4, -0.2) is 41.8 Å². The molecular weight excluding hydrogens is 272 g/mol. The van der Waals surface area contributed by atoms with E-state index in [9.17, 15) is 18.5 Å². The van der Waals surface area contributed by atoms with E-state index in [-0.39, 0.29) is 29.2 Å². The average molecular weight is 286 g/mol. The first-order valence-electron chi connectivity index (χ1n) is 5.68. The van der Waals surface area contributed by atoms with E-state index in [2.05, 4.69) is 4.98 Å². The van der Waals surface area contributed by atoms with E-state index >= 15 is 0 Å². The lowest BCUT2D eigenvalue weighted by Crippen LogP contribution is -2.32. The van der Waals surface area contributed by atoms with Gasteiger partial charge in [0, 0.05) is 25.2 Å². The van der Waals surface area contributed by atoms with Gasteiger partial charge in [0.2, 0.25) is 10.0 Å². The topological polar surface area (TPSA) is 119 Å². The molecule has 0 amide bonds. The monoisotopic (exact) mass is 286 g/mol. The van der Waals surface area contributed by atoms with Crippen molar-refractivity contribution in [2.24, 2.45) is 11.7 Å². The van der Waals surface area contributed by atoms with E-state index in [0.29, 0.717) is 6.54 Å². The molecule has 1 saturated heterocycles. The number of nitro groups is 1. The summed E-state index contributed by atoms with van der Waals surface area (Å²) in [4.78, 5) is 13.3. The Bertz CT molecular complexity index is 576. The Balaban J connectivity index is 2.27. The van der Waals surface area contributed by atoms with Crippen molar-refractivity contribution >= 4 is 15.8 Å². The maximum absolute atomic E-state index is 12.3. The van der Waals surface area contributed by atoms with E-state index in [1.165, 1.54) is 10.4 Å². The zero-order valence-electron chi connectivity index (χ0n) is 10.3. The molecule has 1 aliphatic heterocycles. The molecule has 104 valence electrons. The Hall–Kier alpha value is -1.58. The number of nitrogens with two attached hydrogens (primary N) is 1. The van der Waals surface area contributed by atoms with Crippen molar-refractivity contribution in [2.45, 2.75) is 17.9 Å². The van der Waals surface area contributed by atoms with Crippen molar-refractivity contribution in [1.29, 1.82) is 0 Å². The van der Waals surface area contributed by atoms with Crippen LogP contribution >= 0.6 is 0 Å². The van der Waals surface area contributed by atoms with Crippen LogP contribution in [0.25, 0.3) is 0 Å². The minimum absolute atomic E-state index is 0.0561. The molecule has 0 saturated carbocycles. The summed E-state index contributed by atoms with van der Waals surface area (Å²) < 4.78 is 25.8. The summed E-state index contributed by atoms with van der Waals surface area (Å²) in [5, 5.41) is 10.5. The molecule has 0 aromatic carbocycles. The summed E-state index contributed by atoms with van der Waals surface area (Å²) >= 11 is 0. The molecule has 1 fully saturated rings. The summed E-state index contributed by atoms with van der Waals surface area (Å²) in [6.45, 7) is 2.48. The van der Waals surface area contributed by atoms with Gasteiger partial charge in [-0.15, -0.1) is 0 Å². The Morgan fingerprint density at radius 3 is 2.58 bits per heavy atom. The second kappa shape index (κ2) is 4.83. The van der Waals surface area contributed by atoms with Crippen molar-refractivity contribution < 1.29 is 13.3 Å². The van der Waals surface area contributed by atoms with Crippen LogP contribution in [0, 0.1) is 16.0 Å². The molecule has 1 aromatic heterocycles. The number of hydrogen-bond donors (Lipinski definition) is 1. The van der Waals surface area contributed by atoms with Crippen molar-refractivity contribution in [2.75, 3.05) is 13.1 Å². The Kier molecular flexibility index (Phi) is 3.52. The fourth-order valence-corrected chi connectivity index (χ4v) is 3.45. The molecule has 2 atom stereocenters. The molecule has 0 bridgehead atoms. The van der Waals surface area contributed by atoms with E-state index < -0.39 is 14.9 Å². The summed E-state index contributed by atoms with van der Waals surface area (Å²) in [5.41, 5.74) is 5.80. The standard InChI is InChI=1S/C10H14N4O4S/c1-7-5-13(6-9(7)11)19(17,18)8-2-3-10(12-4-8)14(15)16/h2-4,7,9H,5-6,11H2,1H3. The predicted octanol–water partition coefficient (Wildman–Crippen LogP) is -0.0425. The number of rotatable bonds is 3. The largest absolute Gasteiger partial charge is 0.363 e. The molecule has 2 N–H and O–H groups in total. The van der Waals surface area contributed by atoms with Crippen LogP contribution in [0.15, 0.2) is 23.2 Å². The molecular formula is C10H14N4O4S. The quantitative estimate of drug-likeness (QED) is 0.615. The highest BCUT2D eigenvalue weighted by Crippen LogP contribution is 2.23. The van der Waals surface area contributed by atoms with Crippen LogP contribution < -0.4 is 5.73 Å². The van der Waals surface area contributed by atoms with Crippen molar-refractivity contribution in [3.05, 3.63) is 28.4 Å². The predicted molar refractivity (Wildman–Crippen MR) is 66.8 cm³/mol. The molecule has 0 spiro atoms. The third-order valence-corrected chi connectivity index (χ3v) is 5.00. The number of nitrogens with zero attached hydrogens (tertiary/aromatic N) is 3. The minimum Gasteiger partial charge on any atom is -0.358 e. The van der Waals surface area contributed by atoms with Gasteiger partial charge >= 0.3 is 5.82 Å². The maximum Gasteiger partial charge on any atom is 0.363 e. The van der Waals surface area contributed by atoms with Gasteiger partial charge in [-0.25, -0.2) is 8.42 Å². The van der Waals surface area contributed by atoms with Gasteiger partial charge in [0.25, 0.3) is 0 Å². The van der Waals surface area contributed by atoms with E-state index in [4.69, 9.17) is 5.73 Å². The summed E-state index contributed by atoms with van der Waals surface area (Å²) in [7, 11) is -3.68. The minimum atomic E-state index is -3.68. The van der Waals surface area contributed by atoms with Gasteiger partial charge in [-0.3, -0.25) is 0 Å². The van der Waals surface area contributed by atoms with Gasteiger partial charge in [-0.05, 0) is 21.9 Å². The molecule has 19 heavy (non-hydrogen) atoms. The molecule has 1 aliphatic rings. The first-order valence-corrected chi connectivity index (χ1v) is 7.12. The highest BCUT2D eigenvalue weighted by atomic mass is 32.2. The van der Waals surface area contributed by atoms with Crippen LogP contribution in [-0.2, 0) is 10.0 Å². The van der Waals surface area contributed by atoms with Crippen molar-refractivity contribution in [1.82, 2.24) is 9.29 Å². The van der Waals surface area contributed by atoms with Crippen LogP contribution in [0.1, 0.15) is 6.92 Å². The summed E-state index contributed by atoms with van der Waals surface area (Å²) in [6, 6.07) is 2.07. The average Bonchev–Trinajstić information content (AvgIpc) is 2.70. The Labute approximate surface area is 110 Å². The van der Waals surface area contributed by atoms with Crippen molar-refractivity contribution in [3.63, 3.8) is 0 Å². The SMILES string of the molecule is CC1CN(S(=O)(=O)c2ccc([N+](=O)[O-])nc2)CC1N. The summed E-state index contributed by atoms with van der Waals surface area (Å²) in [6.07, 6.45) is 1.00. The zero-order chi connectivity index (χ0) is 14.2. The Morgan fingerprint density at radius 1 is 1.47 bits per heavy atom. The molecule has 0 radical (unpaired) electrons. The molecule has 2 unspecified atom stereocenters. The van der Waals surface area contributed by atoms with Crippen LogP contribution in [0.4, 0.5) is 5.82 Å². The molecule has 8 nitrogen and oxygen atoms in total. The molecule has 2 heterocycles.